The minimum absolute atomic E-state index is 0.147. The summed E-state index contributed by atoms with van der Waals surface area (Å²) in [6.07, 6.45) is -4.65. The standard InChI is InChI=1S/C24H14BrClF3NO3/c25-15-10-8-13(9-11-15)21(31)19-20(17-6-1-2-7-18(17)26)30(23(33)22(19)32)16-5-3-4-14(12-16)24(27,28)29/h1-12,20,31H. The van der Waals surface area contributed by atoms with Gasteiger partial charge in [0.15, 0.2) is 0 Å². The molecule has 1 fully saturated rings. The first-order valence-electron chi connectivity index (χ1n) is 9.58. The quantitative estimate of drug-likeness (QED) is 0.229. The lowest BCUT2D eigenvalue weighted by molar-refractivity contribution is -0.137. The maximum Gasteiger partial charge on any atom is 0.416 e. The Morgan fingerprint density at radius 3 is 2.27 bits per heavy atom. The highest BCUT2D eigenvalue weighted by Gasteiger charge is 2.48. The molecule has 1 saturated heterocycles. The van der Waals surface area contributed by atoms with Crippen molar-refractivity contribution in [3.8, 4) is 0 Å². The Morgan fingerprint density at radius 1 is 0.970 bits per heavy atom. The highest BCUT2D eigenvalue weighted by molar-refractivity contribution is 9.10. The summed E-state index contributed by atoms with van der Waals surface area (Å²) in [5.41, 5.74) is -0.848. The molecule has 4 nitrogen and oxygen atoms in total. The van der Waals surface area contributed by atoms with E-state index in [-0.39, 0.29) is 27.4 Å². The first kappa shape index (κ1) is 23.1. The van der Waals surface area contributed by atoms with E-state index in [2.05, 4.69) is 15.9 Å². The zero-order chi connectivity index (χ0) is 23.9. The van der Waals surface area contributed by atoms with E-state index in [0.29, 0.717) is 0 Å². The number of halogens is 5. The van der Waals surface area contributed by atoms with Gasteiger partial charge in [-0.1, -0.05) is 63.9 Å². The SMILES string of the molecule is O=C1C(=O)N(c2cccc(C(F)(F)F)c2)C(c2ccccc2Cl)C1=C(O)c1ccc(Br)cc1. The summed E-state index contributed by atoms with van der Waals surface area (Å²) in [6, 6.07) is 15.6. The van der Waals surface area contributed by atoms with Crippen molar-refractivity contribution in [1.82, 2.24) is 0 Å². The monoisotopic (exact) mass is 535 g/mol. The van der Waals surface area contributed by atoms with E-state index >= 15 is 0 Å². The lowest BCUT2D eigenvalue weighted by atomic mass is 9.95. The Balaban J connectivity index is 1.97. The third kappa shape index (κ3) is 4.28. The summed E-state index contributed by atoms with van der Waals surface area (Å²) in [6.45, 7) is 0. The number of rotatable bonds is 3. The van der Waals surface area contributed by atoms with Crippen molar-refractivity contribution < 1.29 is 27.9 Å². The van der Waals surface area contributed by atoms with Gasteiger partial charge in [0.25, 0.3) is 11.7 Å². The summed E-state index contributed by atoms with van der Waals surface area (Å²) in [4.78, 5) is 27.1. The van der Waals surface area contributed by atoms with Crippen LogP contribution in [0.5, 0.6) is 0 Å². The van der Waals surface area contributed by atoms with Crippen LogP contribution in [0.15, 0.2) is 82.8 Å². The number of aliphatic hydroxyl groups is 1. The number of Topliss-reactive ketones (excluding diaryl/α,β-unsaturated/α-hetero) is 1. The van der Waals surface area contributed by atoms with Gasteiger partial charge in [-0.25, -0.2) is 0 Å². The van der Waals surface area contributed by atoms with Crippen LogP contribution in [0.2, 0.25) is 5.02 Å². The summed E-state index contributed by atoms with van der Waals surface area (Å²) >= 11 is 9.64. The molecule has 0 aromatic heterocycles. The highest BCUT2D eigenvalue weighted by atomic mass is 79.9. The van der Waals surface area contributed by atoms with Gasteiger partial charge in [-0.2, -0.15) is 13.2 Å². The maximum atomic E-state index is 13.3. The summed E-state index contributed by atoms with van der Waals surface area (Å²) in [7, 11) is 0. The Hall–Kier alpha value is -3.10. The fourth-order valence-electron chi connectivity index (χ4n) is 3.69. The van der Waals surface area contributed by atoms with Crippen molar-refractivity contribution in [2.24, 2.45) is 0 Å². The molecule has 0 radical (unpaired) electrons. The Kier molecular flexibility index (Phi) is 6.07. The minimum atomic E-state index is -4.65. The lowest BCUT2D eigenvalue weighted by Gasteiger charge is -2.26. The predicted molar refractivity (Wildman–Crippen MR) is 122 cm³/mol. The fraction of sp³-hybridized carbons (Fsp3) is 0.0833. The second kappa shape index (κ2) is 8.68. The van der Waals surface area contributed by atoms with Crippen LogP contribution in [0.1, 0.15) is 22.7 Å². The van der Waals surface area contributed by atoms with Crippen LogP contribution in [0, 0.1) is 0 Å². The molecular formula is C24H14BrClF3NO3. The molecule has 3 aromatic rings. The maximum absolute atomic E-state index is 13.3. The molecular weight excluding hydrogens is 523 g/mol. The highest BCUT2D eigenvalue weighted by Crippen LogP contribution is 2.45. The molecule has 0 spiro atoms. The number of amides is 1. The molecule has 1 aliphatic rings. The zero-order valence-electron chi connectivity index (χ0n) is 16.6. The number of benzene rings is 3. The van der Waals surface area contributed by atoms with E-state index in [9.17, 15) is 27.9 Å². The Morgan fingerprint density at radius 2 is 1.64 bits per heavy atom. The van der Waals surface area contributed by atoms with Gasteiger partial charge in [0.1, 0.15) is 5.76 Å². The average Bonchev–Trinajstić information content (AvgIpc) is 3.04. The Labute approximate surface area is 200 Å². The first-order valence-corrected chi connectivity index (χ1v) is 10.8. The first-order chi connectivity index (χ1) is 15.6. The molecule has 1 amide bonds. The van der Waals surface area contributed by atoms with Crippen LogP contribution in [0.25, 0.3) is 5.76 Å². The number of alkyl halides is 3. The number of nitrogens with zero attached hydrogens (tertiary/aromatic N) is 1. The van der Waals surface area contributed by atoms with Crippen LogP contribution >= 0.6 is 27.5 Å². The van der Waals surface area contributed by atoms with Crippen LogP contribution in [0.4, 0.5) is 18.9 Å². The molecule has 3 aromatic carbocycles. The van der Waals surface area contributed by atoms with E-state index in [1.807, 2.05) is 0 Å². The molecule has 1 unspecified atom stereocenters. The molecule has 0 aliphatic carbocycles. The van der Waals surface area contributed by atoms with E-state index in [4.69, 9.17) is 11.6 Å². The van der Waals surface area contributed by atoms with Crippen molar-refractivity contribution in [2.75, 3.05) is 4.90 Å². The van der Waals surface area contributed by atoms with Crippen LogP contribution < -0.4 is 4.90 Å². The van der Waals surface area contributed by atoms with Crippen molar-refractivity contribution in [1.29, 1.82) is 0 Å². The van der Waals surface area contributed by atoms with Crippen molar-refractivity contribution in [3.63, 3.8) is 0 Å². The number of anilines is 1. The molecule has 0 saturated carbocycles. The molecule has 1 aliphatic heterocycles. The van der Waals surface area contributed by atoms with E-state index in [1.54, 1.807) is 42.5 Å². The zero-order valence-corrected chi connectivity index (χ0v) is 18.9. The van der Waals surface area contributed by atoms with Gasteiger partial charge in [0.2, 0.25) is 0 Å². The van der Waals surface area contributed by atoms with Gasteiger partial charge in [0.05, 0.1) is 17.2 Å². The lowest BCUT2D eigenvalue weighted by Crippen LogP contribution is -2.29. The van der Waals surface area contributed by atoms with E-state index in [1.165, 1.54) is 12.1 Å². The minimum Gasteiger partial charge on any atom is -0.507 e. The van der Waals surface area contributed by atoms with Gasteiger partial charge in [-0.3, -0.25) is 14.5 Å². The predicted octanol–water partition coefficient (Wildman–Crippen LogP) is 6.75. The van der Waals surface area contributed by atoms with Crippen molar-refractivity contribution >= 4 is 50.7 Å². The molecule has 1 atom stereocenters. The van der Waals surface area contributed by atoms with Crippen LogP contribution in [0.3, 0.4) is 0 Å². The van der Waals surface area contributed by atoms with Gasteiger partial charge in [-0.15, -0.1) is 0 Å². The average molecular weight is 537 g/mol. The number of hydrogen-bond donors (Lipinski definition) is 1. The van der Waals surface area contributed by atoms with E-state index in [0.717, 1.165) is 27.6 Å². The fourth-order valence-corrected chi connectivity index (χ4v) is 4.19. The molecule has 1 N–H and O–H groups in total. The summed E-state index contributed by atoms with van der Waals surface area (Å²) in [5, 5.41) is 11.2. The largest absolute Gasteiger partial charge is 0.507 e. The number of hydrogen-bond acceptors (Lipinski definition) is 3. The van der Waals surface area contributed by atoms with E-state index < -0.39 is 35.2 Å². The van der Waals surface area contributed by atoms with Crippen LogP contribution in [-0.2, 0) is 15.8 Å². The number of carbonyl (C=O) groups excluding carboxylic acids is 2. The Bertz CT molecular complexity index is 1290. The van der Waals surface area contributed by atoms with Gasteiger partial charge in [-0.05, 0) is 42.0 Å². The smallest absolute Gasteiger partial charge is 0.416 e. The number of carbonyl (C=O) groups is 2. The van der Waals surface area contributed by atoms with Gasteiger partial charge >= 0.3 is 6.18 Å². The van der Waals surface area contributed by atoms with Crippen molar-refractivity contribution in [2.45, 2.75) is 12.2 Å². The summed E-state index contributed by atoms with van der Waals surface area (Å²) < 4.78 is 40.7. The third-order valence-corrected chi connectivity index (χ3v) is 6.09. The molecule has 33 heavy (non-hydrogen) atoms. The normalized spacial score (nSPS) is 18.1. The molecule has 0 bridgehead atoms. The molecule has 4 rings (SSSR count). The summed E-state index contributed by atoms with van der Waals surface area (Å²) in [5.74, 6) is -2.56. The third-order valence-electron chi connectivity index (χ3n) is 5.21. The topological polar surface area (TPSA) is 57.6 Å². The molecule has 9 heteroatoms. The molecule has 168 valence electrons. The second-order valence-electron chi connectivity index (χ2n) is 7.25. The van der Waals surface area contributed by atoms with Crippen molar-refractivity contribution in [3.05, 3.63) is 105 Å². The molecule has 1 heterocycles. The van der Waals surface area contributed by atoms with Crippen LogP contribution in [-0.4, -0.2) is 16.8 Å². The number of aliphatic hydroxyl groups excluding tert-OH is 1. The van der Waals surface area contributed by atoms with Gasteiger partial charge < -0.3 is 5.11 Å². The number of ketones is 1. The second-order valence-corrected chi connectivity index (χ2v) is 8.57. The van der Waals surface area contributed by atoms with Gasteiger partial charge in [0, 0.05) is 20.7 Å².